The van der Waals surface area contributed by atoms with Gasteiger partial charge < -0.3 is 14.4 Å². The minimum absolute atomic E-state index is 0.157. The molecule has 0 saturated carbocycles. The second-order valence-electron chi connectivity index (χ2n) is 9.51. The molecule has 1 aliphatic rings. The van der Waals surface area contributed by atoms with Crippen molar-refractivity contribution >= 4 is 28.0 Å². The number of nitrogens with zero attached hydrogens (tertiary/aromatic N) is 4. The van der Waals surface area contributed by atoms with Crippen molar-refractivity contribution in [3.63, 3.8) is 0 Å². The van der Waals surface area contributed by atoms with Crippen molar-refractivity contribution in [2.24, 2.45) is 0 Å². The number of carboxylic acid groups (broad SMARTS) is 1. The van der Waals surface area contributed by atoms with Crippen molar-refractivity contribution in [1.82, 2.24) is 19.7 Å². The molecule has 2 N–H and O–H groups in total. The number of aromatic nitrogens is 4. The van der Waals surface area contributed by atoms with Crippen LogP contribution >= 0.6 is 0 Å². The zero-order chi connectivity index (χ0) is 24.9. The lowest BCUT2D eigenvalue weighted by Gasteiger charge is -2.31. The standard InChI is InChI=1S/C25H23F2N5O3/c1-25(2,7-8-28)22-20(13-3-6-19(24(33)34)35-12-13)21-18(9-14-11-29-31-23(14)30-21)32(22)15-4-5-16(26)17(27)10-15/h4-5,9-11,13,19H,3,6-7,12H2,1-2H3,(H,33,34)(H,29,30,31)/t13-,19?/m1/s1. The van der Waals surface area contributed by atoms with E-state index in [-0.39, 0.29) is 18.9 Å². The zero-order valence-corrected chi connectivity index (χ0v) is 19.2. The van der Waals surface area contributed by atoms with Gasteiger partial charge in [0.25, 0.3) is 0 Å². The van der Waals surface area contributed by atoms with Gasteiger partial charge in [-0.25, -0.2) is 18.6 Å². The van der Waals surface area contributed by atoms with Crippen LogP contribution in [0, 0.1) is 23.0 Å². The lowest BCUT2D eigenvalue weighted by molar-refractivity contribution is -0.153. The molecule has 10 heteroatoms. The van der Waals surface area contributed by atoms with Gasteiger partial charge in [-0.3, -0.25) is 5.10 Å². The molecule has 0 spiro atoms. The van der Waals surface area contributed by atoms with Gasteiger partial charge in [-0.15, -0.1) is 0 Å². The molecule has 5 rings (SSSR count). The van der Waals surface area contributed by atoms with Crippen LogP contribution in [0.2, 0.25) is 0 Å². The summed E-state index contributed by atoms with van der Waals surface area (Å²) >= 11 is 0. The van der Waals surface area contributed by atoms with Gasteiger partial charge in [0.05, 0.1) is 29.9 Å². The maximum Gasteiger partial charge on any atom is 0.332 e. The van der Waals surface area contributed by atoms with Crippen LogP contribution in [0.5, 0.6) is 0 Å². The summed E-state index contributed by atoms with van der Waals surface area (Å²) in [6.07, 6.45) is 1.76. The van der Waals surface area contributed by atoms with Crippen molar-refractivity contribution in [1.29, 1.82) is 5.26 Å². The third kappa shape index (κ3) is 3.82. The van der Waals surface area contributed by atoms with Crippen LogP contribution in [-0.4, -0.2) is 43.5 Å². The van der Waals surface area contributed by atoms with Crippen molar-refractivity contribution in [2.75, 3.05) is 6.61 Å². The van der Waals surface area contributed by atoms with Crippen molar-refractivity contribution in [3.8, 4) is 11.8 Å². The molecule has 0 amide bonds. The number of benzene rings is 1. The van der Waals surface area contributed by atoms with Crippen LogP contribution in [0.4, 0.5) is 8.78 Å². The van der Waals surface area contributed by atoms with Gasteiger partial charge in [0.15, 0.2) is 23.4 Å². The summed E-state index contributed by atoms with van der Waals surface area (Å²) in [5.41, 5.74) is 3.07. The number of H-pyrrole nitrogens is 1. The van der Waals surface area contributed by atoms with Crippen molar-refractivity contribution in [2.45, 2.75) is 50.5 Å². The highest BCUT2D eigenvalue weighted by Gasteiger charge is 2.38. The molecule has 1 saturated heterocycles. The summed E-state index contributed by atoms with van der Waals surface area (Å²) in [5.74, 6) is -3.16. The molecule has 0 radical (unpaired) electrons. The number of carboxylic acids is 1. The van der Waals surface area contributed by atoms with E-state index in [1.807, 2.05) is 24.5 Å². The first-order chi connectivity index (χ1) is 16.7. The third-order valence-corrected chi connectivity index (χ3v) is 6.66. The average molecular weight is 479 g/mol. The summed E-state index contributed by atoms with van der Waals surface area (Å²) < 4.78 is 35.7. The summed E-state index contributed by atoms with van der Waals surface area (Å²) in [6.45, 7) is 4.00. The molecule has 3 aromatic heterocycles. The quantitative estimate of drug-likeness (QED) is 0.428. The third-order valence-electron chi connectivity index (χ3n) is 6.66. The molecule has 8 nitrogen and oxygen atoms in total. The first-order valence-electron chi connectivity index (χ1n) is 11.3. The largest absolute Gasteiger partial charge is 0.479 e. The number of halogens is 2. The number of hydrogen-bond donors (Lipinski definition) is 2. The van der Waals surface area contributed by atoms with E-state index in [9.17, 15) is 23.9 Å². The smallest absolute Gasteiger partial charge is 0.332 e. The Morgan fingerprint density at radius 2 is 2.11 bits per heavy atom. The van der Waals surface area contributed by atoms with Gasteiger partial charge in [0.1, 0.15) is 0 Å². The van der Waals surface area contributed by atoms with Crippen LogP contribution in [-0.2, 0) is 14.9 Å². The molecule has 1 aromatic carbocycles. The lowest BCUT2D eigenvalue weighted by Crippen LogP contribution is -2.32. The first-order valence-corrected chi connectivity index (χ1v) is 11.3. The molecule has 35 heavy (non-hydrogen) atoms. The summed E-state index contributed by atoms with van der Waals surface area (Å²) in [5, 5.41) is 26.6. The number of nitrogens with one attached hydrogen (secondary N) is 1. The van der Waals surface area contributed by atoms with Crippen molar-refractivity contribution < 1.29 is 23.4 Å². The number of ether oxygens (including phenoxy) is 1. The molecular formula is C25H23F2N5O3. The number of aromatic amines is 1. The van der Waals surface area contributed by atoms with Gasteiger partial charge >= 0.3 is 5.97 Å². The van der Waals surface area contributed by atoms with Crippen LogP contribution in [0.1, 0.15) is 50.3 Å². The maximum atomic E-state index is 14.4. The molecular weight excluding hydrogens is 456 g/mol. The Hall–Kier alpha value is -3.84. The lowest BCUT2D eigenvalue weighted by atomic mass is 9.79. The molecule has 0 aliphatic carbocycles. The monoisotopic (exact) mass is 479 g/mol. The Kier molecular flexibility index (Phi) is 5.52. The van der Waals surface area contributed by atoms with E-state index >= 15 is 0 Å². The highest BCUT2D eigenvalue weighted by atomic mass is 19.2. The number of nitriles is 1. The molecule has 180 valence electrons. The predicted molar refractivity (Wildman–Crippen MR) is 123 cm³/mol. The fourth-order valence-corrected chi connectivity index (χ4v) is 4.99. The fourth-order valence-electron chi connectivity index (χ4n) is 4.99. The first kappa shape index (κ1) is 22.9. The Morgan fingerprint density at radius 3 is 2.77 bits per heavy atom. The second kappa shape index (κ2) is 8.43. The van der Waals surface area contributed by atoms with Gasteiger partial charge in [0.2, 0.25) is 0 Å². The minimum atomic E-state index is -1.00. The predicted octanol–water partition coefficient (Wildman–Crippen LogP) is 4.72. The molecule has 0 bridgehead atoms. The highest BCUT2D eigenvalue weighted by Crippen LogP contribution is 2.44. The van der Waals surface area contributed by atoms with E-state index in [1.165, 1.54) is 6.07 Å². The summed E-state index contributed by atoms with van der Waals surface area (Å²) in [6, 6.07) is 7.80. The average Bonchev–Trinajstić information content (AvgIpc) is 3.41. The van der Waals surface area contributed by atoms with Crippen LogP contribution in [0.15, 0.2) is 30.5 Å². The molecule has 4 aromatic rings. The van der Waals surface area contributed by atoms with Crippen LogP contribution < -0.4 is 0 Å². The molecule has 1 aliphatic heterocycles. The van der Waals surface area contributed by atoms with Crippen LogP contribution in [0.25, 0.3) is 27.8 Å². The number of pyridine rings is 1. The number of rotatable bonds is 5. The van der Waals surface area contributed by atoms with E-state index in [4.69, 9.17) is 9.72 Å². The number of fused-ring (bicyclic) bond motifs is 2. The van der Waals surface area contributed by atoms with Gasteiger partial charge in [0, 0.05) is 46.2 Å². The van der Waals surface area contributed by atoms with Gasteiger partial charge in [-0.05, 0) is 31.0 Å². The highest BCUT2D eigenvalue weighted by molar-refractivity contribution is 5.94. The summed E-state index contributed by atoms with van der Waals surface area (Å²) in [4.78, 5) is 16.3. The Morgan fingerprint density at radius 1 is 1.31 bits per heavy atom. The number of hydrogen-bond acceptors (Lipinski definition) is 5. The van der Waals surface area contributed by atoms with E-state index < -0.39 is 29.1 Å². The second-order valence-corrected chi connectivity index (χ2v) is 9.51. The van der Waals surface area contributed by atoms with E-state index in [1.54, 1.807) is 6.20 Å². The Balaban J connectivity index is 1.84. The normalized spacial score (nSPS) is 18.7. The summed E-state index contributed by atoms with van der Waals surface area (Å²) in [7, 11) is 0. The fraction of sp³-hybridized carbons (Fsp3) is 0.360. The molecule has 1 unspecified atom stereocenters. The molecule has 1 fully saturated rings. The van der Waals surface area contributed by atoms with E-state index in [0.717, 1.165) is 28.8 Å². The minimum Gasteiger partial charge on any atom is -0.479 e. The Labute approximate surface area is 199 Å². The SMILES string of the molecule is CC(C)(CC#N)c1c([C@@H]2CCC(C(=O)O)OC2)c2nc3[nH]ncc3cc2n1-c1ccc(F)c(F)c1. The van der Waals surface area contributed by atoms with E-state index in [2.05, 4.69) is 16.3 Å². The maximum absolute atomic E-state index is 14.4. The molecule has 4 heterocycles. The zero-order valence-electron chi connectivity index (χ0n) is 19.2. The van der Waals surface area contributed by atoms with Crippen molar-refractivity contribution in [3.05, 3.63) is 53.4 Å². The Bertz CT molecular complexity index is 1490. The number of aliphatic carboxylic acids is 1. The molecule has 2 atom stereocenters. The topological polar surface area (TPSA) is 117 Å². The van der Waals surface area contributed by atoms with E-state index in [0.29, 0.717) is 35.2 Å². The van der Waals surface area contributed by atoms with Gasteiger partial charge in [-0.2, -0.15) is 10.4 Å². The van der Waals surface area contributed by atoms with Gasteiger partial charge in [-0.1, -0.05) is 13.8 Å². The van der Waals surface area contributed by atoms with Crippen LogP contribution in [0.3, 0.4) is 0 Å². The number of carbonyl (C=O) groups is 1.